The fourth-order valence-electron chi connectivity index (χ4n) is 2.38. The number of amides is 2. The number of hydrogen-bond acceptors (Lipinski definition) is 3. The molecule has 2 atom stereocenters. The van der Waals surface area contributed by atoms with Gasteiger partial charge in [0.1, 0.15) is 6.04 Å². The first-order valence-corrected chi connectivity index (χ1v) is 6.91. The van der Waals surface area contributed by atoms with Crippen LogP contribution in [-0.4, -0.2) is 42.0 Å². The van der Waals surface area contributed by atoms with Crippen LogP contribution in [0.4, 0.5) is 0 Å². The highest BCUT2D eigenvalue weighted by Gasteiger charge is 2.38. The Hall–Kier alpha value is -1.88. The lowest BCUT2D eigenvalue weighted by Crippen LogP contribution is -2.54. The average Bonchev–Trinajstić information content (AvgIpc) is 2.44. The molecule has 0 bridgehead atoms. The Morgan fingerprint density at radius 3 is 2.14 bits per heavy atom. The Balaban J connectivity index is 3.01. The molecule has 0 saturated heterocycles. The van der Waals surface area contributed by atoms with Gasteiger partial charge in [0.15, 0.2) is 6.10 Å². The molecule has 2 N–H and O–H groups in total. The number of aliphatic hydroxyl groups is 1. The van der Waals surface area contributed by atoms with Gasteiger partial charge in [-0.2, -0.15) is 0 Å². The maximum Gasteiger partial charge on any atom is 0.256 e. The molecule has 0 aromatic heterocycles. The fourth-order valence-corrected chi connectivity index (χ4v) is 2.38. The van der Waals surface area contributed by atoms with Gasteiger partial charge >= 0.3 is 0 Å². The van der Waals surface area contributed by atoms with Crippen LogP contribution in [-0.2, 0) is 9.59 Å². The summed E-state index contributed by atoms with van der Waals surface area (Å²) in [4.78, 5) is 25.8. The Labute approximate surface area is 126 Å². The number of nitrogens with zero attached hydrogens (tertiary/aromatic N) is 1. The number of hydrogen-bond donors (Lipinski definition) is 2. The molecule has 116 valence electrons. The summed E-state index contributed by atoms with van der Waals surface area (Å²) in [6.07, 6.45) is -1.27. The van der Waals surface area contributed by atoms with Gasteiger partial charge in [0, 0.05) is 14.1 Å². The standard InChI is InChI=1S/C16H24N2O3/c1-16(2,3)13(14(20)17-4)18(5)15(21)12(19)11-9-7-6-8-10-11/h6-10,12-13,19H,1-5H3,(H,17,20)/t12-,13?/m1/s1. The third-order valence-corrected chi connectivity index (χ3v) is 3.40. The summed E-state index contributed by atoms with van der Waals surface area (Å²) in [5.41, 5.74) is 0.0693. The van der Waals surface area contributed by atoms with Gasteiger partial charge in [-0.1, -0.05) is 51.1 Å². The Morgan fingerprint density at radius 2 is 1.71 bits per heavy atom. The van der Waals surface area contributed by atoms with Crippen molar-refractivity contribution in [3.63, 3.8) is 0 Å². The lowest BCUT2D eigenvalue weighted by Gasteiger charge is -2.37. The SMILES string of the molecule is CNC(=O)C(N(C)C(=O)[C@H](O)c1ccccc1)C(C)(C)C. The van der Waals surface area contributed by atoms with E-state index in [1.165, 1.54) is 11.9 Å². The Bertz CT molecular complexity index is 494. The van der Waals surface area contributed by atoms with E-state index in [-0.39, 0.29) is 5.91 Å². The van der Waals surface area contributed by atoms with E-state index in [9.17, 15) is 14.7 Å². The van der Waals surface area contributed by atoms with Gasteiger partial charge in [-0.15, -0.1) is 0 Å². The first-order chi connectivity index (χ1) is 9.70. The summed E-state index contributed by atoms with van der Waals surface area (Å²) in [5.74, 6) is -0.747. The van der Waals surface area contributed by atoms with Crippen molar-refractivity contribution in [1.29, 1.82) is 0 Å². The van der Waals surface area contributed by atoms with E-state index in [0.29, 0.717) is 5.56 Å². The molecule has 0 radical (unpaired) electrons. The van der Waals surface area contributed by atoms with E-state index < -0.39 is 23.5 Å². The molecule has 21 heavy (non-hydrogen) atoms. The minimum absolute atomic E-state index is 0.251. The molecule has 0 fully saturated rings. The zero-order chi connectivity index (χ0) is 16.2. The van der Waals surface area contributed by atoms with Gasteiger partial charge in [-0.25, -0.2) is 0 Å². The minimum Gasteiger partial charge on any atom is -0.378 e. The molecule has 1 rings (SSSR count). The van der Waals surface area contributed by atoms with E-state index >= 15 is 0 Å². The third-order valence-electron chi connectivity index (χ3n) is 3.40. The van der Waals surface area contributed by atoms with Crippen LogP contribution in [0.25, 0.3) is 0 Å². The van der Waals surface area contributed by atoms with Crippen LogP contribution in [0.1, 0.15) is 32.4 Å². The first-order valence-electron chi connectivity index (χ1n) is 6.91. The van der Waals surface area contributed by atoms with Gasteiger partial charge in [0.05, 0.1) is 0 Å². The molecule has 0 aliphatic rings. The molecule has 0 heterocycles. The van der Waals surface area contributed by atoms with Crippen LogP contribution in [0.3, 0.4) is 0 Å². The molecule has 1 unspecified atom stereocenters. The summed E-state index contributed by atoms with van der Waals surface area (Å²) in [5, 5.41) is 12.8. The molecule has 0 spiro atoms. The van der Waals surface area contributed by atoms with Crippen molar-refractivity contribution < 1.29 is 14.7 Å². The minimum atomic E-state index is -1.27. The van der Waals surface area contributed by atoms with Crippen LogP contribution in [0.15, 0.2) is 30.3 Å². The van der Waals surface area contributed by atoms with Crippen molar-refractivity contribution in [1.82, 2.24) is 10.2 Å². The zero-order valence-electron chi connectivity index (χ0n) is 13.3. The van der Waals surface area contributed by atoms with Gasteiger partial charge in [-0.05, 0) is 11.0 Å². The molecule has 1 aromatic carbocycles. The van der Waals surface area contributed by atoms with Crippen LogP contribution >= 0.6 is 0 Å². The molecule has 0 aliphatic heterocycles. The molecule has 1 aromatic rings. The summed E-state index contributed by atoms with van der Waals surface area (Å²) < 4.78 is 0. The van der Waals surface area contributed by atoms with Crippen LogP contribution < -0.4 is 5.32 Å². The maximum atomic E-state index is 12.4. The number of likely N-dealkylation sites (N-methyl/N-ethyl adjacent to an activating group) is 2. The van der Waals surface area contributed by atoms with E-state index in [1.807, 2.05) is 26.8 Å². The number of rotatable bonds is 4. The molecule has 2 amide bonds. The first kappa shape index (κ1) is 17.2. The number of aliphatic hydroxyl groups excluding tert-OH is 1. The average molecular weight is 292 g/mol. The van der Waals surface area contributed by atoms with Crippen molar-refractivity contribution in [2.24, 2.45) is 5.41 Å². The summed E-state index contributed by atoms with van der Waals surface area (Å²) in [6.45, 7) is 5.64. The zero-order valence-corrected chi connectivity index (χ0v) is 13.3. The number of benzene rings is 1. The van der Waals surface area contributed by atoms with Crippen molar-refractivity contribution >= 4 is 11.8 Å². The largest absolute Gasteiger partial charge is 0.378 e. The number of nitrogens with one attached hydrogen (secondary N) is 1. The molecule has 0 aliphatic carbocycles. The molecular formula is C16H24N2O3. The topological polar surface area (TPSA) is 69.6 Å². The summed E-state index contributed by atoms with van der Waals surface area (Å²) in [7, 11) is 3.08. The summed E-state index contributed by atoms with van der Waals surface area (Å²) in [6, 6.07) is 8.03. The predicted octanol–water partition coefficient (Wildman–Crippen LogP) is 1.34. The highest BCUT2D eigenvalue weighted by Crippen LogP contribution is 2.26. The monoisotopic (exact) mass is 292 g/mol. The van der Waals surface area contributed by atoms with E-state index in [1.54, 1.807) is 31.3 Å². The second-order valence-corrected chi connectivity index (χ2v) is 6.15. The number of carbonyl (C=O) groups excluding carboxylic acids is 2. The van der Waals surface area contributed by atoms with E-state index in [4.69, 9.17) is 0 Å². The maximum absolute atomic E-state index is 12.4. The molecule has 0 saturated carbocycles. The van der Waals surface area contributed by atoms with Gasteiger partial charge in [0.2, 0.25) is 5.91 Å². The highest BCUT2D eigenvalue weighted by molar-refractivity contribution is 5.90. The molecule has 5 nitrogen and oxygen atoms in total. The van der Waals surface area contributed by atoms with Gasteiger partial charge in [0.25, 0.3) is 5.91 Å². The fraction of sp³-hybridized carbons (Fsp3) is 0.500. The van der Waals surface area contributed by atoms with Crippen LogP contribution in [0.2, 0.25) is 0 Å². The second kappa shape index (κ2) is 6.72. The highest BCUT2D eigenvalue weighted by atomic mass is 16.3. The van der Waals surface area contributed by atoms with Crippen molar-refractivity contribution in [2.75, 3.05) is 14.1 Å². The van der Waals surface area contributed by atoms with E-state index in [0.717, 1.165) is 0 Å². The van der Waals surface area contributed by atoms with E-state index in [2.05, 4.69) is 5.32 Å². The second-order valence-electron chi connectivity index (χ2n) is 6.15. The Kier molecular flexibility index (Phi) is 5.49. The molecule has 5 heteroatoms. The van der Waals surface area contributed by atoms with Crippen molar-refractivity contribution in [3.8, 4) is 0 Å². The Morgan fingerprint density at radius 1 is 1.19 bits per heavy atom. The lowest BCUT2D eigenvalue weighted by atomic mass is 9.85. The number of carbonyl (C=O) groups is 2. The third kappa shape index (κ3) is 4.04. The van der Waals surface area contributed by atoms with Gasteiger partial charge in [-0.3, -0.25) is 9.59 Å². The van der Waals surface area contributed by atoms with Crippen molar-refractivity contribution in [2.45, 2.75) is 32.9 Å². The van der Waals surface area contributed by atoms with Crippen molar-refractivity contribution in [3.05, 3.63) is 35.9 Å². The lowest BCUT2D eigenvalue weighted by molar-refractivity contribution is -0.149. The van der Waals surface area contributed by atoms with Crippen LogP contribution in [0.5, 0.6) is 0 Å². The summed E-state index contributed by atoms with van der Waals surface area (Å²) >= 11 is 0. The van der Waals surface area contributed by atoms with Crippen LogP contribution in [0, 0.1) is 5.41 Å². The predicted molar refractivity (Wildman–Crippen MR) is 81.5 cm³/mol. The quantitative estimate of drug-likeness (QED) is 0.880. The normalized spacial score (nSPS) is 14.2. The molecular weight excluding hydrogens is 268 g/mol. The smallest absolute Gasteiger partial charge is 0.256 e. The van der Waals surface area contributed by atoms with Gasteiger partial charge < -0.3 is 15.3 Å².